The van der Waals surface area contributed by atoms with Gasteiger partial charge in [-0.15, -0.1) is 0 Å². The van der Waals surface area contributed by atoms with Crippen LogP contribution in [0.1, 0.15) is 6.42 Å². The molecule has 0 fully saturated rings. The van der Waals surface area contributed by atoms with E-state index in [0.29, 0.717) is 0 Å². The van der Waals surface area contributed by atoms with Crippen LogP contribution in [0.25, 0.3) is 0 Å². The Morgan fingerprint density at radius 2 is 1.80 bits per heavy atom. The van der Waals surface area contributed by atoms with Crippen molar-refractivity contribution in [2.45, 2.75) is 6.42 Å². The van der Waals surface area contributed by atoms with Gasteiger partial charge in [-0.25, -0.2) is 0 Å². The molecule has 0 unspecified atom stereocenters. The number of hydrogen-bond donors (Lipinski definition) is 1. The zero-order valence-electron chi connectivity index (χ0n) is 10.1. The summed E-state index contributed by atoms with van der Waals surface area (Å²) in [5.41, 5.74) is 2.20. The fourth-order valence-corrected chi connectivity index (χ4v) is 1.21. The molecule has 1 N–H and O–H groups in total. The number of allylic oxidation sites excluding steroid dienone is 4. The van der Waals surface area contributed by atoms with Gasteiger partial charge >= 0.3 is 0 Å². The van der Waals surface area contributed by atoms with Gasteiger partial charge in [-0.3, -0.25) is 0 Å². The van der Waals surface area contributed by atoms with Gasteiger partial charge in [0.25, 0.3) is 0 Å². The Hall–Kier alpha value is -1.28. The van der Waals surface area contributed by atoms with Crippen LogP contribution in [-0.2, 0) is 0 Å². The summed E-state index contributed by atoms with van der Waals surface area (Å²) in [6, 6.07) is 0. The number of rotatable bonds is 7. The van der Waals surface area contributed by atoms with Gasteiger partial charge in [0.05, 0.1) is 0 Å². The molecule has 0 saturated carbocycles. The molecule has 2 heteroatoms. The predicted octanol–water partition coefficient (Wildman–Crippen LogP) is 2.34. The molecule has 0 bridgehead atoms. The van der Waals surface area contributed by atoms with Crippen LogP contribution in [0, 0.1) is 0 Å². The van der Waals surface area contributed by atoms with Gasteiger partial charge in [0.2, 0.25) is 0 Å². The molecule has 0 heterocycles. The second-order valence-corrected chi connectivity index (χ2v) is 3.55. The van der Waals surface area contributed by atoms with Gasteiger partial charge in [0, 0.05) is 19.8 Å². The molecule has 0 atom stereocenters. The van der Waals surface area contributed by atoms with Crippen molar-refractivity contribution in [3.05, 3.63) is 48.7 Å². The van der Waals surface area contributed by atoms with Crippen LogP contribution in [0.2, 0.25) is 0 Å². The molecular formula is C13H22N2. The molecule has 0 rings (SSSR count). The average molecular weight is 206 g/mol. The van der Waals surface area contributed by atoms with Crippen molar-refractivity contribution in [3.63, 3.8) is 0 Å². The minimum absolute atomic E-state index is 1.02. The minimum atomic E-state index is 1.02. The van der Waals surface area contributed by atoms with Crippen molar-refractivity contribution in [2.75, 3.05) is 27.7 Å². The Kier molecular flexibility index (Phi) is 7.38. The molecule has 0 amide bonds. The Labute approximate surface area is 93.7 Å². The van der Waals surface area contributed by atoms with Gasteiger partial charge in [-0.05, 0) is 31.7 Å². The molecule has 0 aromatic rings. The summed E-state index contributed by atoms with van der Waals surface area (Å²) < 4.78 is 0. The Bertz CT molecular complexity index is 260. The molecule has 0 aliphatic rings. The zero-order valence-corrected chi connectivity index (χ0v) is 10.1. The largest absolute Gasteiger partial charge is 0.393 e. The zero-order chi connectivity index (χ0) is 11.7. The second kappa shape index (κ2) is 8.06. The normalized spacial score (nSPS) is 12.8. The Morgan fingerprint density at radius 1 is 1.20 bits per heavy atom. The first kappa shape index (κ1) is 13.7. The third-order valence-electron chi connectivity index (χ3n) is 2.01. The Balaban J connectivity index is 4.51. The fourth-order valence-electron chi connectivity index (χ4n) is 1.21. The van der Waals surface area contributed by atoms with Crippen molar-refractivity contribution in [1.29, 1.82) is 0 Å². The van der Waals surface area contributed by atoms with Crippen molar-refractivity contribution >= 4 is 0 Å². The average Bonchev–Trinajstić information content (AvgIpc) is 2.21. The summed E-state index contributed by atoms with van der Waals surface area (Å²) in [4.78, 5) is 2.16. The first-order valence-electron chi connectivity index (χ1n) is 5.13. The smallest absolute Gasteiger partial charge is 0.00408 e. The molecule has 0 spiro atoms. The summed E-state index contributed by atoms with van der Waals surface area (Å²) in [6.45, 7) is 8.64. The molecular weight excluding hydrogens is 184 g/mol. The first-order chi connectivity index (χ1) is 7.15. The molecule has 0 aromatic heterocycles. The molecule has 0 radical (unpaired) electrons. The quantitative estimate of drug-likeness (QED) is 0.643. The SMILES string of the molecule is C=CC(=C/CCN(C)C)/C(C=C)=C\NC. The van der Waals surface area contributed by atoms with Crippen molar-refractivity contribution in [3.8, 4) is 0 Å². The van der Waals surface area contributed by atoms with Crippen LogP contribution in [0.5, 0.6) is 0 Å². The number of hydrogen-bond acceptors (Lipinski definition) is 2. The molecule has 0 aliphatic heterocycles. The maximum absolute atomic E-state index is 3.81. The molecule has 84 valence electrons. The van der Waals surface area contributed by atoms with Gasteiger partial charge in [-0.2, -0.15) is 0 Å². The molecule has 0 saturated heterocycles. The van der Waals surface area contributed by atoms with Crippen molar-refractivity contribution in [2.24, 2.45) is 0 Å². The van der Waals surface area contributed by atoms with Crippen molar-refractivity contribution < 1.29 is 0 Å². The molecule has 0 aliphatic carbocycles. The number of nitrogens with zero attached hydrogens (tertiary/aromatic N) is 1. The van der Waals surface area contributed by atoms with E-state index in [2.05, 4.69) is 43.5 Å². The van der Waals surface area contributed by atoms with Crippen LogP contribution in [0.4, 0.5) is 0 Å². The fraction of sp³-hybridized carbons (Fsp3) is 0.385. The lowest BCUT2D eigenvalue weighted by Crippen LogP contribution is -2.12. The first-order valence-corrected chi connectivity index (χ1v) is 5.13. The lowest BCUT2D eigenvalue weighted by Gasteiger charge is -2.08. The summed E-state index contributed by atoms with van der Waals surface area (Å²) in [6.07, 6.45) is 8.82. The monoisotopic (exact) mass is 206 g/mol. The van der Waals surface area contributed by atoms with Gasteiger partial charge < -0.3 is 10.2 Å². The van der Waals surface area contributed by atoms with E-state index in [1.165, 1.54) is 0 Å². The summed E-state index contributed by atoms with van der Waals surface area (Å²) >= 11 is 0. The summed E-state index contributed by atoms with van der Waals surface area (Å²) in [5.74, 6) is 0. The van der Waals surface area contributed by atoms with Crippen LogP contribution >= 0.6 is 0 Å². The third-order valence-corrected chi connectivity index (χ3v) is 2.01. The van der Waals surface area contributed by atoms with E-state index in [1.54, 1.807) is 0 Å². The summed E-state index contributed by atoms with van der Waals surface area (Å²) in [7, 11) is 6.02. The van der Waals surface area contributed by atoms with E-state index in [-0.39, 0.29) is 0 Å². The standard InChI is InChI=1S/C13H22N2/c1-6-12(9-8-10-15(4)5)13(7-2)11-14-3/h6-7,9,11,14H,1-2,8,10H2,3-5H3/b12-9-,13-11-. The second-order valence-electron chi connectivity index (χ2n) is 3.55. The van der Waals surface area contributed by atoms with E-state index in [9.17, 15) is 0 Å². The highest BCUT2D eigenvalue weighted by Crippen LogP contribution is 2.12. The Morgan fingerprint density at radius 3 is 2.20 bits per heavy atom. The summed E-state index contributed by atoms with van der Waals surface area (Å²) in [5, 5.41) is 3.00. The number of nitrogens with one attached hydrogen (secondary N) is 1. The minimum Gasteiger partial charge on any atom is -0.393 e. The van der Waals surface area contributed by atoms with Gasteiger partial charge in [-0.1, -0.05) is 31.4 Å². The topological polar surface area (TPSA) is 15.3 Å². The molecule has 0 aromatic carbocycles. The highest BCUT2D eigenvalue weighted by molar-refractivity contribution is 5.44. The highest BCUT2D eigenvalue weighted by atomic mass is 15.0. The lowest BCUT2D eigenvalue weighted by molar-refractivity contribution is 0.417. The third kappa shape index (κ3) is 5.92. The molecule has 15 heavy (non-hydrogen) atoms. The maximum Gasteiger partial charge on any atom is 0.00408 e. The van der Waals surface area contributed by atoms with E-state index in [1.807, 2.05) is 25.4 Å². The predicted molar refractivity (Wildman–Crippen MR) is 68.8 cm³/mol. The van der Waals surface area contributed by atoms with Crippen LogP contribution in [0.15, 0.2) is 48.7 Å². The van der Waals surface area contributed by atoms with Crippen LogP contribution < -0.4 is 5.32 Å². The van der Waals surface area contributed by atoms with E-state index >= 15 is 0 Å². The molecule has 2 nitrogen and oxygen atoms in total. The van der Waals surface area contributed by atoms with E-state index < -0.39 is 0 Å². The van der Waals surface area contributed by atoms with Crippen LogP contribution in [-0.4, -0.2) is 32.6 Å². The van der Waals surface area contributed by atoms with E-state index in [4.69, 9.17) is 0 Å². The van der Waals surface area contributed by atoms with Crippen LogP contribution in [0.3, 0.4) is 0 Å². The van der Waals surface area contributed by atoms with Gasteiger partial charge in [0.1, 0.15) is 0 Å². The van der Waals surface area contributed by atoms with Gasteiger partial charge in [0.15, 0.2) is 0 Å². The van der Waals surface area contributed by atoms with Crippen molar-refractivity contribution in [1.82, 2.24) is 10.2 Å². The lowest BCUT2D eigenvalue weighted by atomic mass is 10.1. The maximum atomic E-state index is 3.81. The highest BCUT2D eigenvalue weighted by Gasteiger charge is 1.96. The van der Waals surface area contributed by atoms with E-state index in [0.717, 1.165) is 24.1 Å².